The summed E-state index contributed by atoms with van der Waals surface area (Å²) in [6.07, 6.45) is 1.37. The first kappa shape index (κ1) is 25.2. The number of hydrogen-bond acceptors (Lipinski definition) is 7. The number of ether oxygens (including phenoxy) is 2. The van der Waals surface area contributed by atoms with Crippen LogP contribution >= 0.6 is 0 Å². The fraction of sp³-hybridized carbons (Fsp3) is 0.185. The van der Waals surface area contributed by atoms with Crippen molar-refractivity contribution in [2.75, 3.05) is 11.5 Å². The average Bonchev–Trinajstić information content (AvgIpc) is 3.33. The van der Waals surface area contributed by atoms with Crippen molar-refractivity contribution in [3.8, 4) is 11.5 Å². The number of carbonyl (C=O) groups is 4. The molecule has 0 bridgehead atoms. The van der Waals surface area contributed by atoms with Crippen molar-refractivity contribution in [2.24, 2.45) is 0 Å². The number of carbonyl (C=O) groups excluding carboxylic acids is 3. The highest BCUT2D eigenvalue weighted by Gasteiger charge is 2.37. The van der Waals surface area contributed by atoms with Crippen LogP contribution in [0.4, 0.5) is 10.5 Å². The SMILES string of the molecule is CCOc1cc(C=C2C(=O)NC(=O)N(c3ccc(C)c(C)c3)C2=O)ccc1OCc1ccc(C(=O)O)o1. The third-order valence-corrected chi connectivity index (χ3v) is 5.67. The van der Waals surface area contributed by atoms with Crippen molar-refractivity contribution in [3.63, 3.8) is 0 Å². The van der Waals surface area contributed by atoms with Crippen LogP contribution in [0.1, 0.15) is 39.9 Å². The zero-order valence-corrected chi connectivity index (χ0v) is 20.4. The Morgan fingerprint density at radius 3 is 2.46 bits per heavy atom. The van der Waals surface area contributed by atoms with Crippen LogP contribution in [0.2, 0.25) is 0 Å². The van der Waals surface area contributed by atoms with E-state index in [-0.39, 0.29) is 17.9 Å². The predicted molar refractivity (Wildman–Crippen MR) is 133 cm³/mol. The second-order valence-corrected chi connectivity index (χ2v) is 8.23. The molecular weight excluding hydrogens is 480 g/mol. The van der Waals surface area contributed by atoms with Gasteiger partial charge in [0.05, 0.1) is 12.3 Å². The molecule has 0 atom stereocenters. The molecular formula is C27H24N2O8. The molecule has 3 aromatic rings. The molecule has 0 radical (unpaired) electrons. The number of amides is 4. The van der Waals surface area contributed by atoms with Gasteiger partial charge >= 0.3 is 12.0 Å². The smallest absolute Gasteiger partial charge is 0.371 e. The van der Waals surface area contributed by atoms with E-state index in [1.165, 1.54) is 18.2 Å². The Morgan fingerprint density at radius 2 is 1.78 bits per heavy atom. The summed E-state index contributed by atoms with van der Waals surface area (Å²) >= 11 is 0. The van der Waals surface area contributed by atoms with E-state index in [1.807, 2.05) is 13.8 Å². The van der Waals surface area contributed by atoms with Crippen molar-refractivity contribution >= 4 is 35.6 Å². The molecule has 2 N–H and O–H groups in total. The van der Waals surface area contributed by atoms with E-state index < -0.39 is 23.8 Å². The lowest BCUT2D eigenvalue weighted by Crippen LogP contribution is -2.54. The minimum atomic E-state index is -1.18. The van der Waals surface area contributed by atoms with Crippen molar-refractivity contribution < 1.29 is 38.2 Å². The maximum atomic E-state index is 13.2. The van der Waals surface area contributed by atoms with E-state index >= 15 is 0 Å². The molecule has 10 nitrogen and oxygen atoms in total. The van der Waals surface area contributed by atoms with E-state index in [2.05, 4.69) is 5.32 Å². The number of hydrogen-bond donors (Lipinski definition) is 2. The van der Waals surface area contributed by atoms with Gasteiger partial charge in [-0.15, -0.1) is 0 Å². The number of anilines is 1. The number of aryl methyl sites for hydroxylation is 2. The van der Waals surface area contributed by atoms with Gasteiger partial charge in [-0.2, -0.15) is 0 Å². The Balaban J connectivity index is 1.60. The highest BCUT2D eigenvalue weighted by Crippen LogP contribution is 2.31. The molecule has 1 fully saturated rings. The summed E-state index contributed by atoms with van der Waals surface area (Å²) in [4.78, 5) is 50.2. The number of imide groups is 2. The highest BCUT2D eigenvalue weighted by atomic mass is 16.5. The fourth-order valence-corrected chi connectivity index (χ4v) is 3.64. The molecule has 190 valence electrons. The number of furan rings is 1. The number of urea groups is 1. The number of rotatable bonds is 8. The van der Waals surface area contributed by atoms with Crippen LogP contribution < -0.4 is 19.7 Å². The van der Waals surface area contributed by atoms with Gasteiger partial charge in [0.1, 0.15) is 17.9 Å². The molecule has 1 aliphatic heterocycles. The van der Waals surface area contributed by atoms with E-state index in [4.69, 9.17) is 19.0 Å². The summed E-state index contributed by atoms with van der Waals surface area (Å²) in [5.41, 5.74) is 2.50. The Morgan fingerprint density at radius 1 is 1.00 bits per heavy atom. The lowest BCUT2D eigenvalue weighted by Gasteiger charge is -2.27. The molecule has 1 aromatic heterocycles. The van der Waals surface area contributed by atoms with Crippen molar-refractivity contribution in [3.05, 3.63) is 82.3 Å². The molecule has 1 aliphatic rings. The number of nitrogens with one attached hydrogen (secondary N) is 1. The lowest BCUT2D eigenvalue weighted by molar-refractivity contribution is -0.122. The first-order chi connectivity index (χ1) is 17.7. The molecule has 2 heterocycles. The van der Waals surface area contributed by atoms with Gasteiger partial charge in [0, 0.05) is 0 Å². The number of barbiturate groups is 1. The van der Waals surface area contributed by atoms with Gasteiger partial charge in [0.25, 0.3) is 11.8 Å². The zero-order chi connectivity index (χ0) is 26.7. The number of nitrogens with zero attached hydrogens (tertiary/aromatic N) is 1. The van der Waals surface area contributed by atoms with E-state index in [1.54, 1.807) is 43.3 Å². The number of aromatic carboxylic acids is 1. The average molecular weight is 504 g/mol. The second-order valence-electron chi connectivity index (χ2n) is 8.23. The van der Waals surface area contributed by atoms with Crippen LogP contribution in [0, 0.1) is 13.8 Å². The maximum Gasteiger partial charge on any atom is 0.371 e. The van der Waals surface area contributed by atoms with E-state index in [0.717, 1.165) is 16.0 Å². The minimum absolute atomic E-state index is 0.0400. The van der Waals surface area contributed by atoms with Gasteiger partial charge < -0.3 is 19.0 Å². The fourth-order valence-electron chi connectivity index (χ4n) is 3.64. The third-order valence-electron chi connectivity index (χ3n) is 5.67. The summed E-state index contributed by atoms with van der Waals surface area (Å²) in [6, 6.07) is 12.0. The maximum absolute atomic E-state index is 13.2. The van der Waals surface area contributed by atoms with Gasteiger partial charge in [0.2, 0.25) is 5.76 Å². The normalized spacial score (nSPS) is 14.6. The number of carboxylic acid groups (broad SMARTS) is 1. The van der Waals surface area contributed by atoms with Crippen molar-refractivity contribution in [1.82, 2.24) is 5.32 Å². The molecule has 37 heavy (non-hydrogen) atoms. The zero-order valence-electron chi connectivity index (χ0n) is 20.4. The Labute approximate surface area is 212 Å². The summed E-state index contributed by atoms with van der Waals surface area (Å²) in [5.74, 6) is -1.93. The third kappa shape index (κ3) is 5.37. The van der Waals surface area contributed by atoms with Gasteiger partial charge in [-0.25, -0.2) is 14.5 Å². The Bertz CT molecular complexity index is 1440. The lowest BCUT2D eigenvalue weighted by atomic mass is 10.0. The Hall–Kier alpha value is -4.86. The van der Waals surface area contributed by atoms with Crippen LogP contribution in [0.5, 0.6) is 11.5 Å². The highest BCUT2D eigenvalue weighted by molar-refractivity contribution is 6.39. The van der Waals surface area contributed by atoms with E-state index in [0.29, 0.717) is 35.1 Å². The molecule has 2 aromatic carbocycles. The minimum Gasteiger partial charge on any atom is -0.490 e. The van der Waals surface area contributed by atoms with Crippen molar-refractivity contribution in [2.45, 2.75) is 27.4 Å². The standard InChI is InChI=1S/C27H24N2O8/c1-4-35-23-13-17(6-9-21(23)36-14-19-8-10-22(37-19)26(32)33)12-20-24(30)28-27(34)29(25(20)31)18-7-5-15(2)16(3)11-18/h5-13H,4,14H2,1-3H3,(H,32,33)(H,28,30,34). The van der Waals surface area contributed by atoms with Crippen LogP contribution in [0.3, 0.4) is 0 Å². The molecule has 1 saturated heterocycles. The molecule has 0 unspecified atom stereocenters. The first-order valence-electron chi connectivity index (χ1n) is 11.4. The van der Waals surface area contributed by atoms with Gasteiger partial charge in [-0.05, 0) is 79.9 Å². The monoisotopic (exact) mass is 504 g/mol. The molecule has 4 rings (SSSR count). The number of benzene rings is 2. The van der Waals surface area contributed by atoms with Gasteiger partial charge in [-0.3, -0.25) is 14.9 Å². The van der Waals surface area contributed by atoms with Crippen LogP contribution in [0.15, 0.2) is 58.5 Å². The summed E-state index contributed by atoms with van der Waals surface area (Å²) in [7, 11) is 0. The topological polar surface area (TPSA) is 135 Å². The molecule has 0 saturated carbocycles. The first-order valence-corrected chi connectivity index (χ1v) is 11.4. The van der Waals surface area contributed by atoms with Gasteiger partial charge in [0.15, 0.2) is 11.5 Å². The van der Waals surface area contributed by atoms with Crippen LogP contribution in [-0.2, 0) is 16.2 Å². The molecule has 4 amide bonds. The molecule has 0 spiro atoms. The van der Waals surface area contributed by atoms with E-state index in [9.17, 15) is 19.2 Å². The van der Waals surface area contributed by atoms with Gasteiger partial charge in [-0.1, -0.05) is 12.1 Å². The Kier molecular flexibility index (Phi) is 7.10. The summed E-state index contributed by atoms with van der Waals surface area (Å²) in [5, 5.41) is 11.2. The largest absolute Gasteiger partial charge is 0.490 e. The summed E-state index contributed by atoms with van der Waals surface area (Å²) in [6.45, 7) is 5.84. The van der Waals surface area contributed by atoms with Crippen LogP contribution in [-0.4, -0.2) is 35.5 Å². The van der Waals surface area contributed by atoms with Crippen molar-refractivity contribution in [1.29, 1.82) is 0 Å². The molecule has 0 aliphatic carbocycles. The quantitative estimate of drug-likeness (QED) is 0.344. The predicted octanol–water partition coefficient (Wildman–Crippen LogP) is 4.24. The number of carboxylic acids is 1. The summed E-state index contributed by atoms with van der Waals surface area (Å²) < 4.78 is 16.6. The second kappa shape index (κ2) is 10.4. The van der Waals surface area contributed by atoms with Crippen LogP contribution in [0.25, 0.3) is 6.08 Å². The molecule has 10 heteroatoms.